The molecule has 0 radical (unpaired) electrons. The molecule has 2 aliphatic rings. The zero-order chi connectivity index (χ0) is 38.2. The molecular weight excluding hydrogens is 697 g/mol. The van der Waals surface area contributed by atoms with Crippen molar-refractivity contribution in [3.63, 3.8) is 0 Å². The fourth-order valence-corrected chi connectivity index (χ4v) is 7.45. The highest BCUT2D eigenvalue weighted by Gasteiger charge is 2.19. The third-order valence-electron chi connectivity index (χ3n) is 9.97. The second kappa shape index (κ2) is 14.5. The van der Waals surface area contributed by atoms with Crippen LogP contribution >= 0.6 is 0 Å². The van der Waals surface area contributed by atoms with Gasteiger partial charge in [0.1, 0.15) is 23.0 Å². The summed E-state index contributed by atoms with van der Waals surface area (Å²) in [6.45, 7) is 5.11. The van der Waals surface area contributed by atoms with E-state index in [1.165, 1.54) is 0 Å². The summed E-state index contributed by atoms with van der Waals surface area (Å²) in [5.74, 6) is 1.96. The predicted molar refractivity (Wildman–Crippen MR) is 226 cm³/mol. The van der Waals surface area contributed by atoms with Gasteiger partial charge in [-0.25, -0.2) is 9.97 Å². The molecule has 7 aromatic rings. The summed E-state index contributed by atoms with van der Waals surface area (Å²) in [6, 6.07) is 38.9. The highest BCUT2D eigenvalue weighted by atomic mass is 16.5. The van der Waals surface area contributed by atoms with Gasteiger partial charge in [-0.1, -0.05) is 48.5 Å². The van der Waals surface area contributed by atoms with Crippen LogP contribution in [0.2, 0.25) is 0 Å². The van der Waals surface area contributed by atoms with Gasteiger partial charge in [-0.2, -0.15) is 0 Å². The maximum Gasteiger partial charge on any atom is 0.119 e. The first-order valence-electron chi connectivity index (χ1n) is 18.7. The number of phenolic OH excluding ortho intramolecular Hbond substituents is 2. The van der Waals surface area contributed by atoms with Gasteiger partial charge in [-0.3, -0.25) is 0 Å². The van der Waals surface area contributed by atoms with Crippen LogP contribution in [0.1, 0.15) is 36.6 Å². The van der Waals surface area contributed by atoms with Gasteiger partial charge in [0, 0.05) is 44.3 Å². The minimum absolute atomic E-state index is 0.182. The van der Waals surface area contributed by atoms with E-state index in [1.54, 1.807) is 24.3 Å². The van der Waals surface area contributed by atoms with Crippen LogP contribution in [0.15, 0.2) is 121 Å². The summed E-state index contributed by atoms with van der Waals surface area (Å²) in [5, 5.41) is 20.5. The van der Waals surface area contributed by atoms with Gasteiger partial charge in [0.05, 0.1) is 36.0 Å². The number of nitrogens with zero attached hydrogens (tertiary/aromatic N) is 2. The Morgan fingerprint density at radius 2 is 0.661 bits per heavy atom. The van der Waals surface area contributed by atoms with E-state index in [9.17, 15) is 10.2 Å². The molecule has 56 heavy (non-hydrogen) atoms. The van der Waals surface area contributed by atoms with Gasteiger partial charge < -0.3 is 29.7 Å². The Kier molecular flexibility index (Phi) is 8.91. The lowest BCUT2D eigenvalue weighted by atomic mass is 10.0. The highest BCUT2D eigenvalue weighted by Crippen LogP contribution is 2.39. The predicted octanol–water partition coefficient (Wildman–Crippen LogP) is 11.5. The van der Waals surface area contributed by atoms with Crippen molar-refractivity contribution in [2.75, 3.05) is 13.2 Å². The van der Waals surface area contributed by atoms with Gasteiger partial charge in [-0.15, -0.1) is 0 Å². The van der Waals surface area contributed by atoms with Crippen molar-refractivity contribution in [1.29, 1.82) is 0 Å². The van der Waals surface area contributed by atoms with Gasteiger partial charge >= 0.3 is 0 Å². The third kappa shape index (κ3) is 6.47. The first-order chi connectivity index (χ1) is 27.4. The normalized spacial score (nSPS) is 11.9. The molecule has 274 valence electrons. The quantitative estimate of drug-likeness (QED) is 0.123. The molecule has 8 nitrogen and oxygen atoms in total. The van der Waals surface area contributed by atoms with Crippen molar-refractivity contribution in [3.8, 4) is 67.5 Å². The summed E-state index contributed by atoms with van der Waals surface area (Å²) in [4.78, 5) is 18.2. The number of aromatic nitrogens is 4. The van der Waals surface area contributed by atoms with Crippen molar-refractivity contribution in [2.24, 2.45) is 0 Å². The van der Waals surface area contributed by atoms with E-state index in [-0.39, 0.29) is 11.5 Å². The molecule has 9 rings (SSSR count). The molecule has 4 aromatic carbocycles. The standard InChI is InChI=1S/C48H38N4O4/c1-3-55-35-17-9-31(10-18-35)47-41-25-23-39(50-41)45(29-5-13-33(53)14-6-29)37-21-22-38(49-37)46(30-7-15-34(54)16-8-30)40-24-26-42(51-40)48(44-28-27-43(47)52-44)32-11-19-36(20-12-32)56-4-2/h5-28,50-51,53-54H,3-4H2,1-2H3. The summed E-state index contributed by atoms with van der Waals surface area (Å²) in [5.41, 5.74) is 13.9. The number of hydrogen-bond donors (Lipinski definition) is 4. The highest BCUT2D eigenvalue weighted by molar-refractivity contribution is 5.99. The molecule has 3 aromatic heterocycles. The van der Waals surface area contributed by atoms with E-state index in [2.05, 4.69) is 70.7 Å². The number of aromatic amines is 2. The molecular formula is C48H38N4O4. The van der Waals surface area contributed by atoms with Crippen molar-refractivity contribution >= 4 is 46.4 Å². The molecule has 4 N–H and O–H groups in total. The minimum Gasteiger partial charge on any atom is -0.508 e. The van der Waals surface area contributed by atoms with E-state index in [0.29, 0.717) is 13.2 Å². The van der Waals surface area contributed by atoms with Crippen LogP contribution in [0.25, 0.3) is 90.9 Å². The molecule has 0 atom stereocenters. The van der Waals surface area contributed by atoms with E-state index in [1.807, 2.05) is 74.5 Å². The Balaban J connectivity index is 1.43. The molecule has 0 amide bonds. The molecule has 0 aliphatic carbocycles. The maximum atomic E-state index is 10.2. The number of aromatic hydroxyl groups is 2. The lowest BCUT2D eigenvalue weighted by Gasteiger charge is -2.08. The summed E-state index contributed by atoms with van der Waals surface area (Å²) < 4.78 is 11.6. The molecule has 0 unspecified atom stereocenters. The largest absolute Gasteiger partial charge is 0.508 e. The molecule has 0 saturated heterocycles. The SMILES string of the molecule is CCOc1ccc(-c2c3nc(c(-c4ccc(OCC)cc4)c4ccc([nH]4)c(-c4ccc(O)cc4)c4nc(c(-c5ccc(O)cc5)c5ccc2[nH]5)C=C4)C=C3)cc1. The van der Waals surface area contributed by atoms with Crippen LogP contribution in [0.5, 0.6) is 23.0 Å². The topological polar surface area (TPSA) is 116 Å². The van der Waals surface area contributed by atoms with E-state index >= 15 is 0 Å². The monoisotopic (exact) mass is 734 g/mol. The van der Waals surface area contributed by atoms with Crippen LogP contribution in [0, 0.1) is 0 Å². The molecule has 2 aliphatic heterocycles. The number of nitrogens with one attached hydrogen (secondary N) is 2. The van der Waals surface area contributed by atoms with E-state index in [0.717, 1.165) is 101 Å². The zero-order valence-electron chi connectivity index (χ0n) is 30.9. The smallest absolute Gasteiger partial charge is 0.119 e. The van der Waals surface area contributed by atoms with Crippen LogP contribution in [-0.2, 0) is 0 Å². The second-order valence-corrected chi connectivity index (χ2v) is 13.5. The number of fused-ring (bicyclic) bond motifs is 8. The maximum absolute atomic E-state index is 10.2. The molecule has 0 spiro atoms. The fourth-order valence-electron chi connectivity index (χ4n) is 7.45. The zero-order valence-corrected chi connectivity index (χ0v) is 30.9. The number of H-pyrrole nitrogens is 2. The Morgan fingerprint density at radius 1 is 0.393 bits per heavy atom. The first-order valence-corrected chi connectivity index (χ1v) is 18.7. The lowest BCUT2D eigenvalue weighted by molar-refractivity contribution is 0.340. The van der Waals surface area contributed by atoms with E-state index < -0.39 is 0 Å². The number of benzene rings is 4. The van der Waals surface area contributed by atoms with Crippen LogP contribution < -0.4 is 9.47 Å². The second-order valence-electron chi connectivity index (χ2n) is 13.5. The van der Waals surface area contributed by atoms with Crippen LogP contribution in [-0.4, -0.2) is 43.4 Å². The van der Waals surface area contributed by atoms with Gasteiger partial charge in [0.15, 0.2) is 0 Å². The number of phenols is 2. The summed E-state index contributed by atoms with van der Waals surface area (Å²) in [6.07, 6.45) is 8.20. The summed E-state index contributed by atoms with van der Waals surface area (Å²) >= 11 is 0. The third-order valence-corrected chi connectivity index (χ3v) is 9.97. The molecule has 8 heteroatoms. The Labute approximate surface area is 323 Å². The molecule has 0 fully saturated rings. The van der Waals surface area contributed by atoms with Crippen LogP contribution in [0.3, 0.4) is 0 Å². The van der Waals surface area contributed by atoms with Gasteiger partial charge in [0.2, 0.25) is 0 Å². The van der Waals surface area contributed by atoms with Crippen molar-refractivity contribution in [2.45, 2.75) is 13.8 Å². The molecule has 0 saturated carbocycles. The van der Waals surface area contributed by atoms with Gasteiger partial charge in [-0.05, 0) is 133 Å². The average Bonchev–Trinajstić information content (AvgIpc) is 4.06. The van der Waals surface area contributed by atoms with Crippen molar-refractivity contribution in [3.05, 3.63) is 144 Å². The van der Waals surface area contributed by atoms with Crippen molar-refractivity contribution in [1.82, 2.24) is 19.9 Å². The van der Waals surface area contributed by atoms with Gasteiger partial charge in [0.25, 0.3) is 0 Å². The molecule has 5 heterocycles. The average molecular weight is 735 g/mol. The Hall–Kier alpha value is -7.32. The fraction of sp³-hybridized carbons (Fsp3) is 0.0833. The van der Waals surface area contributed by atoms with Crippen molar-refractivity contribution < 1.29 is 19.7 Å². The Morgan fingerprint density at radius 3 is 0.929 bits per heavy atom. The molecule has 8 bridgehead atoms. The Bertz CT molecular complexity index is 2620. The summed E-state index contributed by atoms with van der Waals surface area (Å²) in [7, 11) is 0. The number of rotatable bonds is 8. The minimum atomic E-state index is 0.182. The van der Waals surface area contributed by atoms with E-state index in [4.69, 9.17) is 19.4 Å². The number of hydrogen-bond acceptors (Lipinski definition) is 6. The van der Waals surface area contributed by atoms with Crippen LogP contribution in [0.4, 0.5) is 0 Å². The number of ether oxygens (including phenoxy) is 2. The lowest BCUT2D eigenvalue weighted by Crippen LogP contribution is -1.92. The first kappa shape index (κ1) is 34.4.